The molecule has 3 aromatic heterocycles. The average Bonchev–Trinajstić information content (AvgIpc) is 3.45. The lowest BCUT2D eigenvalue weighted by atomic mass is 9.88. The molecule has 0 radical (unpaired) electrons. The van der Waals surface area contributed by atoms with Crippen LogP contribution in [0.3, 0.4) is 0 Å². The largest absolute Gasteiger partial charge is 0.505 e. The summed E-state index contributed by atoms with van der Waals surface area (Å²) in [5.41, 5.74) is -0.601. The van der Waals surface area contributed by atoms with Crippen LogP contribution in [0.25, 0.3) is 19.5 Å². The molecule has 2 nitrogen and oxygen atoms in total. The third-order valence-corrected chi connectivity index (χ3v) is 9.87. The highest BCUT2D eigenvalue weighted by atomic mass is 32.1. The fourth-order valence-corrected chi connectivity index (χ4v) is 6.75. The minimum absolute atomic E-state index is 0.277. The number of aryl methyl sites for hydroxylation is 1. The monoisotopic (exact) mass is 458 g/mol. The first-order chi connectivity index (χ1) is 14.3. The van der Waals surface area contributed by atoms with Crippen LogP contribution in [-0.2, 0) is 15.7 Å². The van der Waals surface area contributed by atoms with Crippen molar-refractivity contribution in [3.05, 3.63) is 41.3 Å². The minimum atomic E-state index is -0.300. The van der Waals surface area contributed by atoms with Crippen molar-refractivity contribution >= 4 is 45.9 Å². The van der Waals surface area contributed by atoms with Crippen molar-refractivity contribution in [2.45, 2.75) is 77.9 Å². The van der Waals surface area contributed by atoms with Gasteiger partial charge < -0.3 is 9.31 Å². The van der Waals surface area contributed by atoms with Crippen LogP contribution in [0, 0.1) is 0 Å². The van der Waals surface area contributed by atoms with Crippen LogP contribution >= 0.6 is 34.0 Å². The van der Waals surface area contributed by atoms with Gasteiger partial charge in [-0.1, -0.05) is 32.3 Å². The fraction of sp³-hybridized carbons (Fsp3) is 0.500. The van der Waals surface area contributed by atoms with Gasteiger partial charge in [-0.05, 0) is 70.9 Å². The van der Waals surface area contributed by atoms with Crippen LogP contribution < -0.4 is 4.78 Å². The van der Waals surface area contributed by atoms with Gasteiger partial charge in [0.1, 0.15) is 0 Å². The molecule has 0 bridgehead atoms. The van der Waals surface area contributed by atoms with Crippen LogP contribution in [0.2, 0.25) is 0 Å². The van der Waals surface area contributed by atoms with E-state index in [9.17, 15) is 0 Å². The summed E-state index contributed by atoms with van der Waals surface area (Å²) in [5, 5.41) is 0. The van der Waals surface area contributed by atoms with Gasteiger partial charge in [-0.2, -0.15) is 0 Å². The minimum Gasteiger partial charge on any atom is -0.399 e. The molecule has 0 spiro atoms. The fourth-order valence-electron chi connectivity index (χ4n) is 3.54. The quantitative estimate of drug-likeness (QED) is 0.255. The maximum atomic E-state index is 6.22. The van der Waals surface area contributed by atoms with Crippen LogP contribution in [0.4, 0.5) is 0 Å². The van der Waals surface area contributed by atoms with Crippen molar-refractivity contribution < 1.29 is 9.31 Å². The third kappa shape index (κ3) is 4.63. The molecule has 160 valence electrons. The molecule has 0 atom stereocenters. The second kappa shape index (κ2) is 8.91. The molecule has 0 unspecified atom stereocenters. The summed E-state index contributed by atoms with van der Waals surface area (Å²) < 4.78 is 13.6. The van der Waals surface area contributed by atoms with E-state index >= 15 is 0 Å². The number of unbranched alkanes of at least 4 members (excludes halogenated alkanes) is 3. The molecular weight excluding hydrogens is 427 g/mol. The van der Waals surface area contributed by atoms with Gasteiger partial charge in [-0.3, -0.25) is 0 Å². The summed E-state index contributed by atoms with van der Waals surface area (Å²) in [6.45, 7) is 10.7. The molecule has 0 amide bonds. The number of thiophene rings is 3. The van der Waals surface area contributed by atoms with Crippen molar-refractivity contribution in [3.8, 4) is 19.5 Å². The van der Waals surface area contributed by atoms with E-state index in [0.717, 1.165) is 4.78 Å². The second-order valence-corrected chi connectivity index (χ2v) is 12.4. The first-order valence-electron chi connectivity index (χ1n) is 10.9. The van der Waals surface area contributed by atoms with E-state index in [1.54, 1.807) is 11.3 Å². The van der Waals surface area contributed by atoms with Gasteiger partial charge in [0.05, 0.1) is 11.2 Å². The normalized spacial score (nSPS) is 17.7. The summed E-state index contributed by atoms with van der Waals surface area (Å²) in [4.78, 5) is 6.86. The molecule has 0 saturated carbocycles. The Morgan fingerprint density at radius 2 is 1.27 bits per heavy atom. The lowest BCUT2D eigenvalue weighted by molar-refractivity contribution is 0.00578. The molecule has 0 aromatic carbocycles. The van der Waals surface area contributed by atoms with E-state index in [1.165, 1.54) is 56.5 Å². The predicted octanol–water partition coefficient (Wildman–Crippen LogP) is 7.63. The third-order valence-electron chi connectivity index (χ3n) is 6.14. The Kier molecular flexibility index (Phi) is 6.62. The molecule has 1 fully saturated rings. The van der Waals surface area contributed by atoms with Crippen molar-refractivity contribution in [1.29, 1.82) is 0 Å². The standard InChI is InChI=1S/C24H31BO2S3/c1-6-7-8-9-10-17-11-12-18(28-17)19-13-14-20(29-19)21-15-16-22(30-21)25-26-23(2,3)24(4,5)27-25/h11-16H,6-10H2,1-5H3. The van der Waals surface area contributed by atoms with Crippen LogP contribution in [-0.4, -0.2) is 18.3 Å². The Morgan fingerprint density at radius 3 is 1.93 bits per heavy atom. The van der Waals surface area contributed by atoms with E-state index in [4.69, 9.17) is 9.31 Å². The molecule has 4 rings (SSSR count). The Hall–Kier alpha value is -0.915. The lowest BCUT2D eigenvalue weighted by Gasteiger charge is -2.32. The highest BCUT2D eigenvalue weighted by Gasteiger charge is 2.52. The molecule has 1 aliphatic rings. The molecular formula is C24H31BO2S3. The second-order valence-electron chi connectivity index (χ2n) is 9.03. The topological polar surface area (TPSA) is 18.5 Å². The van der Waals surface area contributed by atoms with Crippen molar-refractivity contribution in [2.24, 2.45) is 0 Å². The molecule has 6 heteroatoms. The lowest BCUT2D eigenvalue weighted by Crippen LogP contribution is -2.41. The highest BCUT2D eigenvalue weighted by Crippen LogP contribution is 2.41. The van der Waals surface area contributed by atoms with Crippen molar-refractivity contribution in [1.82, 2.24) is 0 Å². The summed E-state index contributed by atoms with van der Waals surface area (Å²) in [7, 11) is -0.277. The van der Waals surface area contributed by atoms with Gasteiger partial charge in [-0.15, -0.1) is 34.0 Å². The average molecular weight is 459 g/mol. The SMILES string of the molecule is CCCCCCc1ccc(-c2ccc(-c3ccc(B4OC(C)(C)C(C)(C)O4)s3)s2)s1. The van der Waals surface area contributed by atoms with Crippen LogP contribution in [0.5, 0.6) is 0 Å². The van der Waals surface area contributed by atoms with Gasteiger partial charge in [-0.25, -0.2) is 0 Å². The van der Waals surface area contributed by atoms with Crippen LogP contribution in [0.1, 0.15) is 65.2 Å². The molecule has 0 N–H and O–H groups in total. The number of rotatable bonds is 8. The smallest absolute Gasteiger partial charge is 0.399 e. The Balaban J connectivity index is 1.44. The number of hydrogen-bond donors (Lipinski definition) is 0. The summed E-state index contributed by atoms with van der Waals surface area (Å²) in [5.74, 6) is 0. The highest BCUT2D eigenvalue weighted by molar-refractivity contribution is 7.29. The predicted molar refractivity (Wildman–Crippen MR) is 135 cm³/mol. The summed E-state index contributed by atoms with van der Waals surface area (Å²) in [6, 6.07) is 13.5. The van der Waals surface area contributed by atoms with Crippen molar-refractivity contribution in [3.63, 3.8) is 0 Å². The maximum Gasteiger partial charge on any atom is 0.505 e. The zero-order valence-corrected chi connectivity index (χ0v) is 21.1. The molecule has 30 heavy (non-hydrogen) atoms. The van der Waals surface area contributed by atoms with E-state index in [0.29, 0.717) is 0 Å². The Labute approximate surface area is 193 Å². The Bertz CT molecular complexity index is 966. The van der Waals surface area contributed by atoms with Gasteiger partial charge >= 0.3 is 7.12 Å². The molecule has 4 heterocycles. The van der Waals surface area contributed by atoms with Crippen molar-refractivity contribution in [2.75, 3.05) is 0 Å². The Morgan fingerprint density at radius 1 is 0.700 bits per heavy atom. The first-order valence-corrected chi connectivity index (χ1v) is 13.4. The van der Waals surface area contributed by atoms with Crippen LogP contribution in [0.15, 0.2) is 36.4 Å². The summed E-state index contributed by atoms with van der Waals surface area (Å²) in [6.07, 6.45) is 6.51. The van der Waals surface area contributed by atoms with E-state index < -0.39 is 0 Å². The first kappa shape index (κ1) is 22.3. The maximum absolute atomic E-state index is 6.22. The van der Waals surface area contributed by atoms with Gasteiger partial charge in [0.2, 0.25) is 0 Å². The van der Waals surface area contributed by atoms with Gasteiger partial charge in [0.25, 0.3) is 0 Å². The van der Waals surface area contributed by atoms with E-state index in [-0.39, 0.29) is 18.3 Å². The van der Waals surface area contributed by atoms with E-state index in [1.807, 2.05) is 22.7 Å². The zero-order chi connectivity index (χ0) is 21.4. The zero-order valence-electron chi connectivity index (χ0n) is 18.6. The summed E-state index contributed by atoms with van der Waals surface area (Å²) >= 11 is 5.61. The molecule has 0 aliphatic carbocycles. The molecule has 3 aromatic rings. The van der Waals surface area contributed by atoms with Gasteiger partial charge in [0.15, 0.2) is 0 Å². The number of hydrogen-bond acceptors (Lipinski definition) is 5. The van der Waals surface area contributed by atoms with Gasteiger partial charge in [0, 0.05) is 29.2 Å². The molecule has 1 saturated heterocycles. The molecule has 1 aliphatic heterocycles. The van der Waals surface area contributed by atoms with E-state index in [2.05, 4.69) is 71.0 Å².